The first kappa shape index (κ1) is 24.3. The number of rotatable bonds is 9. The summed E-state index contributed by atoms with van der Waals surface area (Å²) in [6.45, 7) is 3.83. The standard InChI is InChI=1S/C25H26FNO5S/c1-4-18(2)27(25(28)22-10-6-7-11-23(22)26)17-19-9-5-8-12-24(19)32-33(29,30)21-15-13-20(31-3)14-16-21/h5-16,18H,4,17H2,1-3H3/t18-/m1/s1. The molecular formula is C25H26FNO5S. The van der Waals surface area contributed by atoms with Gasteiger partial charge in [-0.15, -0.1) is 0 Å². The molecule has 3 aromatic rings. The lowest BCUT2D eigenvalue weighted by atomic mass is 10.1. The lowest BCUT2D eigenvalue weighted by molar-refractivity contribution is 0.0666. The van der Waals surface area contributed by atoms with Crippen LogP contribution in [0, 0.1) is 5.82 Å². The summed E-state index contributed by atoms with van der Waals surface area (Å²) in [5, 5.41) is 0. The molecule has 33 heavy (non-hydrogen) atoms. The van der Waals surface area contributed by atoms with Gasteiger partial charge in [-0.1, -0.05) is 37.3 Å². The van der Waals surface area contributed by atoms with E-state index in [1.807, 2.05) is 13.8 Å². The molecule has 0 saturated carbocycles. The van der Waals surface area contributed by atoms with Crippen LogP contribution in [0.5, 0.6) is 11.5 Å². The van der Waals surface area contributed by atoms with Gasteiger partial charge in [0.2, 0.25) is 0 Å². The van der Waals surface area contributed by atoms with Gasteiger partial charge in [-0.3, -0.25) is 4.79 Å². The second kappa shape index (κ2) is 10.5. The van der Waals surface area contributed by atoms with E-state index in [-0.39, 0.29) is 28.8 Å². The van der Waals surface area contributed by atoms with Crippen molar-refractivity contribution in [3.8, 4) is 11.5 Å². The summed E-state index contributed by atoms with van der Waals surface area (Å²) < 4.78 is 50.5. The molecule has 0 heterocycles. The summed E-state index contributed by atoms with van der Waals surface area (Å²) in [6.07, 6.45) is 0.632. The van der Waals surface area contributed by atoms with Crippen LogP contribution in [0.25, 0.3) is 0 Å². The molecule has 0 bridgehead atoms. The normalized spacial score (nSPS) is 12.1. The van der Waals surface area contributed by atoms with Gasteiger partial charge in [0, 0.05) is 18.2 Å². The Hall–Kier alpha value is -3.39. The summed E-state index contributed by atoms with van der Waals surface area (Å²) in [7, 11) is -2.63. The van der Waals surface area contributed by atoms with Gasteiger partial charge in [0.15, 0.2) is 0 Å². The predicted molar refractivity (Wildman–Crippen MR) is 123 cm³/mol. The van der Waals surface area contributed by atoms with Crippen molar-refractivity contribution in [2.45, 2.75) is 37.8 Å². The number of amides is 1. The number of para-hydroxylation sites is 1. The number of carbonyl (C=O) groups excluding carboxylic acids is 1. The molecule has 0 unspecified atom stereocenters. The fourth-order valence-electron chi connectivity index (χ4n) is 3.25. The van der Waals surface area contributed by atoms with Crippen molar-refractivity contribution in [1.82, 2.24) is 4.90 Å². The number of benzene rings is 3. The Morgan fingerprint density at radius 2 is 1.64 bits per heavy atom. The number of hydrogen-bond donors (Lipinski definition) is 0. The maximum absolute atomic E-state index is 14.3. The molecule has 8 heteroatoms. The van der Waals surface area contributed by atoms with Gasteiger partial charge in [0.05, 0.1) is 12.7 Å². The average Bonchev–Trinajstić information content (AvgIpc) is 2.82. The van der Waals surface area contributed by atoms with Gasteiger partial charge in [0.25, 0.3) is 5.91 Å². The fraction of sp³-hybridized carbons (Fsp3) is 0.240. The Bertz CT molecular complexity index is 1210. The molecule has 0 saturated heterocycles. The molecular weight excluding hydrogens is 445 g/mol. The Kier molecular flexibility index (Phi) is 7.71. The molecule has 174 valence electrons. The Morgan fingerprint density at radius 1 is 1.00 bits per heavy atom. The number of halogens is 1. The van der Waals surface area contributed by atoms with Crippen LogP contribution in [0.4, 0.5) is 4.39 Å². The Balaban J connectivity index is 1.91. The molecule has 6 nitrogen and oxygen atoms in total. The third-order valence-corrected chi connectivity index (χ3v) is 6.60. The number of hydrogen-bond acceptors (Lipinski definition) is 5. The van der Waals surface area contributed by atoms with E-state index in [2.05, 4.69) is 0 Å². The van der Waals surface area contributed by atoms with Crippen molar-refractivity contribution >= 4 is 16.0 Å². The third-order valence-electron chi connectivity index (χ3n) is 5.35. The first-order valence-corrected chi connectivity index (χ1v) is 11.9. The summed E-state index contributed by atoms with van der Waals surface area (Å²) >= 11 is 0. The van der Waals surface area contributed by atoms with E-state index < -0.39 is 21.8 Å². The van der Waals surface area contributed by atoms with Crippen LogP contribution in [0.1, 0.15) is 36.2 Å². The van der Waals surface area contributed by atoms with Crippen molar-refractivity contribution in [3.63, 3.8) is 0 Å². The predicted octanol–water partition coefficient (Wildman–Crippen LogP) is 5.04. The van der Waals surface area contributed by atoms with E-state index in [0.717, 1.165) is 0 Å². The highest BCUT2D eigenvalue weighted by Crippen LogP contribution is 2.27. The summed E-state index contributed by atoms with van der Waals surface area (Å²) in [4.78, 5) is 14.6. The zero-order valence-electron chi connectivity index (χ0n) is 18.7. The highest BCUT2D eigenvalue weighted by Gasteiger charge is 2.25. The first-order valence-electron chi connectivity index (χ1n) is 10.5. The van der Waals surface area contributed by atoms with Crippen molar-refractivity contribution in [1.29, 1.82) is 0 Å². The van der Waals surface area contributed by atoms with Crippen molar-refractivity contribution in [3.05, 3.63) is 89.7 Å². The first-order chi connectivity index (χ1) is 15.8. The highest BCUT2D eigenvalue weighted by atomic mass is 32.2. The van der Waals surface area contributed by atoms with Crippen LogP contribution < -0.4 is 8.92 Å². The van der Waals surface area contributed by atoms with Gasteiger partial charge in [0.1, 0.15) is 22.2 Å². The lowest BCUT2D eigenvalue weighted by Gasteiger charge is -2.29. The van der Waals surface area contributed by atoms with Crippen LogP contribution in [-0.4, -0.2) is 32.4 Å². The zero-order chi connectivity index (χ0) is 24.0. The quantitative estimate of drug-likeness (QED) is 0.409. The Labute approximate surface area is 193 Å². The third kappa shape index (κ3) is 5.70. The van der Waals surface area contributed by atoms with Crippen LogP contribution in [0.3, 0.4) is 0 Å². The lowest BCUT2D eigenvalue weighted by Crippen LogP contribution is -2.38. The van der Waals surface area contributed by atoms with Gasteiger partial charge in [-0.25, -0.2) is 4.39 Å². The molecule has 3 rings (SSSR count). The summed E-state index contributed by atoms with van der Waals surface area (Å²) in [5.41, 5.74) is 0.446. The topological polar surface area (TPSA) is 72.9 Å². The van der Waals surface area contributed by atoms with Gasteiger partial charge < -0.3 is 13.8 Å². The second-order valence-electron chi connectivity index (χ2n) is 7.49. The van der Waals surface area contributed by atoms with E-state index in [1.54, 1.807) is 24.3 Å². The monoisotopic (exact) mass is 471 g/mol. The maximum atomic E-state index is 14.3. The molecule has 0 fully saturated rings. The summed E-state index contributed by atoms with van der Waals surface area (Å²) in [6, 6.07) is 18.0. The number of carbonyl (C=O) groups is 1. The molecule has 3 aromatic carbocycles. The smallest absolute Gasteiger partial charge is 0.339 e. The van der Waals surface area contributed by atoms with E-state index in [1.165, 1.54) is 60.5 Å². The number of ether oxygens (including phenoxy) is 1. The van der Waals surface area contributed by atoms with Crippen molar-refractivity contribution < 1.29 is 26.5 Å². The molecule has 0 spiro atoms. The van der Waals surface area contributed by atoms with E-state index in [4.69, 9.17) is 8.92 Å². The minimum Gasteiger partial charge on any atom is -0.497 e. The zero-order valence-corrected chi connectivity index (χ0v) is 19.5. The van der Waals surface area contributed by atoms with Gasteiger partial charge >= 0.3 is 10.1 Å². The number of methoxy groups -OCH3 is 1. The minimum atomic E-state index is -4.12. The SMILES string of the molecule is CC[C@@H](C)N(Cc1ccccc1OS(=O)(=O)c1ccc(OC)cc1)C(=O)c1ccccc1F. The molecule has 1 amide bonds. The molecule has 0 aliphatic rings. The van der Waals surface area contributed by atoms with Crippen LogP contribution >= 0.6 is 0 Å². The fourth-order valence-corrected chi connectivity index (χ4v) is 4.21. The van der Waals surface area contributed by atoms with Gasteiger partial charge in [-0.2, -0.15) is 8.42 Å². The van der Waals surface area contributed by atoms with Gasteiger partial charge in [-0.05, 0) is 55.8 Å². The van der Waals surface area contributed by atoms with Crippen molar-refractivity contribution in [2.75, 3.05) is 7.11 Å². The molecule has 0 aromatic heterocycles. The van der Waals surface area contributed by atoms with E-state index in [0.29, 0.717) is 17.7 Å². The highest BCUT2D eigenvalue weighted by molar-refractivity contribution is 7.87. The summed E-state index contributed by atoms with van der Waals surface area (Å²) in [5.74, 6) is -0.467. The Morgan fingerprint density at radius 3 is 2.27 bits per heavy atom. The molecule has 0 aliphatic heterocycles. The van der Waals surface area contributed by atoms with E-state index in [9.17, 15) is 17.6 Å². The molecule has 1 atom stereocenters. The maximum Gasteiger partial charge on any atom is 0.339 e. The van der Waals surface area contributed by atoms with Crippen LogP contribution in [0.2, 0.25) is 0 Å². The average molecular weight is 472 g/mol. The van der Waals surface area contributed by atoms with Crippen LogP contribution in [0.15, 0.2) is 77.7 Å². The van der Waals surface area contributed by atoms with E-state index >= 15 is 0 Å². The largest absolute Gasteiger partial charge is 0.497 e. The second-order valence-corrected chi connectivity index (χ2v) is 9.04. The molecule has 0 radical (unpaired) electrons. The minimum absolute atomic E-state index is 0.0284. The van der Waals surface area contributed by atoms with Crippen LogP contribution in [-0.2, 0) is 16.7 Å². The number of nitrogens with zero attached hydrogens (tertiary/aromatic N) is 1. The molecule has 0 aliphatic carbocycles. The molecule has 0 N–H and O–H groups in total. The van der Waals surface area contributed by atoms with Crippen molar-refractivity contribution in [2.24, 2.45) is 0 Å².